The summed E-state index contributed by atoms with van der Waals surface area (Å²) in [6.07, 6.45) is 0. The van der Waals surface area contributed by atoms with Gasteiger partial charge in [0.05, 0.1) is 17.8 Å². The van der Waals surface area contributed by atoms with E-state index >= 15 is 0 Å². The zero-order chi connectivity index (χ0) is 16.6. The number of anilines is 2. The Hall–Kier alpha value is -3.19. The van der Waals surface area contributed by atoms with E-state index in [0.29, 0.717) is 16.9 Å². The van der Waals surface area contributed by atoms with Crippen LogP contribution in [0.1, 0.15) is 26.3 Å². The first kappa shape index (κ1) is 14.7. The second-order valence-electron chi connectivity index (χ2n) is 5.14. The number of fused-ring (bicyclic) bond motifs is 1. The topological polar surface area (TPSA) is 113 Å². The summed E-state index contributed by atoms with van der Waals surface area (Å²) in [5.41, 5.74) is 9.29. The molecule has 3 rings (SSSR count). The fourth-order valence-electron chi connectivity index (χ4n) is 2.53. The lowest BCUT2D eigenvalue weighted by Gasteiger charge is -2.17. The van der Waals surface area contributed by atoms with Crippen molar-refractivity contribution >= 4 is 29.0 Å². The van der Waals surface area contributed by atoms with Crippen LogP contribution >= 0.6 is 0 Å². The predicted molar refractivity (Wildman–Crippen MR) is 82.1 cm³/mol. The summed E-state index contributed by atoms with van der Waals surface area (Å²) in [6.45, 7) is 0.133. The zero-order valence-corrected chi connectivity index (χ0v) is 11.9. The predicted octanol–water partition coefficient (Wildman–Crippen LogP) is 1.12. The highest BCUT2D eigenvalue weighted by atomic mass is 16.5. The fraction of sp³-hybridized carbons (Fsp3) is 0.0625. The molecule has 1 heterocycles. The number of nitrogens with two attached hydrogens (primary N) is 1. The lowest BCUT2D eigenvalue weighted by Crippen LogP contribution is -2.29. The quantitative estimate of drug-likeness (QED) is 0.340. The average molecular weight is 311 g/mol. The van der Waals surface area contributed by atoms with Crippen molar-refractivity contribution in [3.63, 3.8) is 0 Å². The first-order chi connectivity index (χ1) is 11.0. The van der Waals surface area contributed by atoms with Crippen molar-refractivity contribution < 1.29 is 19.6 Å². The molecule has 0 aromatic heterocycles. The first-order valence-corrected chi connectivity index (χ1v) is 6.80. The van der Waals surface area contributed by atoms with E-state index in [9.17, 15) is 14.4 Å². The van der Waals surface area contributed by atoms with E-state index in [-0.39, 0.29) is 17.7 Å². The van der Waals surface area contributed by atoms with Gasteiger partial charge < -0.3 is 10.6 Å². The number of hydrogen-bond acceptors (Lipinski definition) is 5. The summed E-state index contributed by atoms with van der Waals surface area (Å²) in [6, 6.07) is 11.1. The molecule has 0 bridgehead atoms. The molecule has 7 nitrogen and oxygen atoms in total. The minimum Gasteiger partial charge on any atom is -0.399 e. The summed E-state index contributed by atoms with van der Waals surface area (Å²) in [5, 5.41) is 8.68. The number of hydrogen-bond donors (Lipinski definition) is 3. The number of Topliss-reactive ketones (excluding diaryl/α,β-unsaturated/α-hetero) is 1. The van der Waals surface area contributed by atoms with Gasteiger partial charge >= 0.3 is 0 Å². The van der Waals surface area contributed by atoms with Gasteiger partial charge in [0, 0.05) is 11.3 Å². The summed E-state index contributed by atoms with van der Waals surface area (Å²) < 4.78 is 0. The lowest BCUT2D eigenvalue weighted by atomic mass is 10.1. The number of nitrogens with one attached hydrogen (secondary N) is 1. The molecule has 2 amide bonds. The van der Waals surface area contributed by atoms with Crippen LogP contribution in [0.2, 0.25) is 0 Å². The molecular weight excluding hydrogens is 298 g/mol. The number of benzene rings is 2. The van der Waals surface area contributed by atoms with E-state index in [1.165, 1.54) is 17.0 Å². The van der Waals surface area contributed by atoms with Crippen molar-refractivity contribution in [3.05, 3.63) is 59.2 Å². The van der Waals surface area contributed by atoms with Crippen LogP contribution in [-0.4, -0.2) is 22.8 Å². The maximum absolute atomic E-state index is 12.2. The summed E-state index contributed by atoms with van der Waals surface area (Å²) in [7, 11) is 0. The third-order valence-electron chi connectivity index (χ3n) is 3.63. The summed E-state index contributed by atoms with van der Waals surface area (Å²) >= 11 is 0. The Morgan fingerprint density at radius 3 is 2.70 bits per heavy atom. The molecule has 2 aromatic rings. The van der Waals surface area contributed by atoms with E-state index in [2.05, 4.69) is 0 Å². The Morgan fingerprint density at radius 2 is 1.96 bits per heavy atom. The third kappa shape index (κ3) is 2.53. The van der Waals surface area contributed by atoms with Gasteiger partial charge in [-0.1, -0.05) is 12.1 Å². The number of ketones is 1. The van der Waals surface area contributed by atoms with Crippen molar-refractivity contribution in [1.29, 1.82) is 0 Å². The van der Waals surface area contributed by atoms with Crippen molar-refractivity contribution in [1.82, 2.24) is 5.48 Å². The van der Waals surface area contributed by atoms with Crippen LogP contribution in [0.3, 0.4) is 0 Å². The maximum Gasteiger partial charge on any atom is 0.299 e. The van der Waals surface area contributed by atoms with Gasteiger partial charge in [0.25, 0.3) is 17.6 Å². The molecule has 0 saturated heterocycles. The Labute approximate surface area is 131 Å². The molecule has 23 heavy (non-hydrogen) atoms. The first-order valence-electron chi connectivity index (χ1n) is 6.80. The largest absolute Gasteiger partial charge is 0.399 e. The van der Waals surface area contributed by atoms with Crippen LogP contribution in [0.4, 0.5) is 11.4 Å². The molecule has 0 unspecified atom stereocenters. The number of carbonyl (C=O) groups excluding carboxylic acids is 3. The third-order valence-corrected chi connectivity index (χ3v) is 3.63. The zero-order valence-electron chi connectivity index (χ0n) is 11.9. The van der Waals surface area contributed by atoms with Gasteiger partial charge in [-0.05, 0) is 35.9 Å². The van der Waals surface area contributed by atoms with Gasteiger partial charge in [-0.25, -0.2) is 5.48 Å². The van der Waals surface area contributed by atoms with Gasteiger partial charge in [0.1, 0.15) is 0 Å². The van der Waals surface area contributed by atoms with Gasteiger partial charge in [-0.15, -0.1) is 0 Å². The number of rotatable bonds is 3. The second kappa shape index (κ2) is 5.54. The Balaban J connectivity index is 1.94. The van der Waals surface area contributed by atoms with E-state index in [1.807, 2.05) is 0 Å². The standard InChI is InChI=1S/C16H13N3O4/c17-11-4-5-13-12(7-11)14(20)16(22)19(13)8-9-2-1-3-10(6-9)15(21)18-23/h1-7,23H,8,17H2,(H,18,21). The number of hydroxylamine groups is 1. The normalized spacial score (nSPS) is 13.2. The van der Waals surface area contributed by atoms with Crippen LogP contribution in [0, 0.1) is 0 Å². The highest BCUT2D eigenvalue weighted by molar-refractivity contribution is 6.52. The van der Waals surface area contributed by atoms with Crippen molar-refractivity contribution in [2.24, 2.45) is 0 Å². The van der Waals surface area contributed by atoms with Crippen LogP contribution in [-0.2, 0) is 11.3 Å². The number of amides is 2. The van der Waals surface area contributed by atoms with E-state index in [4.69, 9.17) is 10.9 Å². The number of carbonyl (C=O) groups is 3. The molecule has 0 saturated carbocycles. The molecule has 0 aliphatic carbocycles. The van der Waals surface area contributed by atoms with Crippen LogP contribution < -0.4 is 16.1 Å². The summed E-state index contributed by atoms with van der Waals surface area (Å²) in [4.78, 5) is 37.0. The minimum atomic E-state index is -0.649. The molecule has 0 fully saturated rings. The average Bonchev–Trinajstić information content (AvgIpc) is 2.79. The molecule has 4 N–H and O–H groups in total. The van der Waals surface area contributed by atoms with Gasteiger partial charge in [-0.3, -0.25) is 19.6 Å². The highest BCUT2D eigenvalue weighted by Gasteiger charge is 2.35. The molecule has 7 heteroatoms. The smallest absolute Gasteiger partial charge is 0.299 e. The molecule has 0 spiro atoms. The van der Waals surface area contributed by atoms with Crippen LogP contribution in [0.15, 0.2) is 42.5 Å². The molecule has 116 valence electrons. The maximum atomic E-state index is 12.2. The van der Waals surface area contributed by atoms with E-state index in [0.717, 1.165) is 0 Å². The molecule has 0 atom stereocenters. The highest BCUT2D eigenvalue weighted by Crippen LogP contribution is 2.31. The fourth-order valence-corrected chi connectivity index (χ4v) is 2.53. The SMILES string of the molecule is Nc1ccc2c(c1)C(=O)C(=O)N2Cc1cccc(C(=O)NO)c1. The molecule has 1 aliphatic rings. The van der Waals surface area contributed by atoms with Gasteiger partial charge in [-0.2, -0.15) is 0 Å². The van der Waals surface area contributed by atoms with Gasteiger partial charge in [0.15, 0.2) is 0 Å². The number of nitrogens with zero attached hydrogens (tertiary/aromatic N) is 1. The molecular formula is C16H13N3O4. The minimum absolute atomic E-state index is 0.133. The van der Waals surface area contributed by atoms with Gasteiger partial charge in [0.2, 0.25) is 0 Å². The second-order valence-corrected chi connectivity index (χ2v) is 5.14. The Kier molecular flexibility index (Phi) is 3.55. The van der Waals surface area contributed by atoms with E-state index in [1.54, 1.807) is 35.8 Å². The van der Waals surface area contributed by atoms with Crippen molar-refractivity contribution in [3.8, 4) is 0 Å². The molecule has 0 radical (unpaired) electrons. The van der Waals surface area contributed by atoms with E-state index < -0.39 is 17.6 Å². The van der Waals surface area contributed by atoms with Crippen LogP contribution in [0.25, 0.3) is 0 Å². The Morgan fingerprint density at radius 1 is 1.17 bits per heavy atom. The monoisotopic (exact) mass is 311 g/mol. The van der Waals surface area contributed by atoms with Crippen molar-refractivity contribution in [2.45, 2.75) is 6.54 Å². The summed E-state index contributed by atoms with van der Waals surface area (Å²) in [5.74, 6) is -1.89. The molecule has 1 aliphatic heterocycles. The van der Waals surface area contributed by atoms with Crippen LogP contribution in [0.5, 0.6) is 0 Å². The lowest BCUT2D eigenvalue weighted by molar-refractivity contribution is -0.114. The number of nitrogen functional groups attached to an aromatic ring is 1. The molecule has 2 aromatic carbocycles. The van der Waals surface area contributed by atoms with Crippen molar-refractivity contribution in [2.75, 3.05) is 10.6 Å². The Bertz CT molecular complexity index is 832.